The lowest BCUT2D eigenvalue weighted by atomic mass is 10.1. The van der Waals surface area contributed by atoms with Crippen molar-refractivity contribution in [3.8, 4) is 5.75 Å². The quantitative estimate of drug-likeness (QED) is 0.616. The Bertz CT molecular complexity index is 531. The molecule has 1 aromatic rings. The molecule has 4 N–H and O–H groups in total. The molecule has 0 unspecified atom stereocenters. The molecule has 6 nitrogen and oxygen atoms in total. The second-order valence-electron chi connectivity index (χ2n) is 5.02. The third-order valence-electron chi connectivity index (χ3n) is 3.32. The van der Waals surface area contributed by atoms with Crippen molar-refractivity contribution in [3.05, 3.63) is 42.0 Å². The van der Waals surface area contributed by atoms with Gasteiger partial charge in [0.05, 0.1) is 0 Å². The van der Waals surface area contributed by atoms with Gasteiger partial charge in [0.1, 0.15) is 11.8 Å². The maximum atomic E-state index is 11.8. The molecule has 1 aromatic carbocycles. The molecule has 6 heteroatoms. The van der Waals surface area contributed by atoms with E-state index in [9.17, 15) is 19.8 Å². The summed E-state index contributed by atoms with van der Waals surface area (Å²) in [5, 5.41) is 23.6. The van der Waals surface area contributed by atoms with Gasteiger partial charge in [-0.15, -0.1) is 0 Å². The van der Waals surface area contributed by atoms with E-state index >= 15 is 0 Å². The summed E-state index contributed by atoms with van der Waals surface area (Å²) in [4.78, 5) is 23.0. The van der Waals surface area contributed by atoms with Crippen molar-refractivity contribution in [1.82, 2.24) is 10.6 Å². The standard InChI is InChI=1S/C15H18N2O4/c18-12-7-5-10(6-8-12)9-13(14(19)20)17-15(21)16-11-3-1-2-4-11/h1-2,5-8,11,13,18H,3-4,9H2,(H,19,20)(H2,16,17,21)/t13-/m0/s1. The van der Waals surface area contributed by atoms with E-state index < -0.39 is 18.0 Å². The molecule has 1 aliphatic rings. The van der Waals surface area contributed by atoms with E-state index in [2.05, 4.69) is 10.6 Å². The van der Waals surface area contributed by atoms with Gasteiger partial charge in [0, 0.05) is 12.5 Å². The number of carboxylic acids is 1. The van der Waals surface area contributed by atoms with Crippen LogP contribution < -0.4 is 10.6 Å². The summed E-state index contributed by atoms with van der Waals surface area (Å²) in [7, 11) is 0. The van der Waals surface area contributed by atoms with E-state index in [-0.39, 0.29) is 18.2 Å². The first kappa shape index (κ1) is 14.9. The number of carbonyl (C=O) groups excluding carboxylic acids is 1. The van der Waals surface area contributed by atoms with Gasteiger partial charge in [-0.25, -0.2) is 9.59 Å². The molecule has 21 heavy (non-hydrogen) atoms. The lowest BCUT2D eigenvalue weighted by Gasteiger charge is -2.18. The summed E-state index contributed by atoms with van der Waals surface area (Å²) >= 11 is 0. The number of benzene rings is 1. The monoisotopic (exact) mass is 290 g/mol. The SMILES string of the molecule is O=C(NC1CC=CC1)N[C@@H](Cc1ccc(O)cc1)C(=O)O. The van der Waals surface area contributed by atoms with Crippen molar-refractivity contribution >= 4 is 12.0 Å². The Morgan fingerprint density at radius 2 is 1.81 bits per heavy atom. The highest BCUT2D eigenvalue weighted by atomic mass is 16.4. The van der Waals surface area contributed by atoms with Crippen molar-refractivity contribution in [2.75, 3.05) is 0 Å². The fourth-order valence-electron chi connectivity index (χ4n) is 2.19. The average Bonchev–Trinajstić information content (AvgIpc) is 2.93. The molecule has 0 saturated heterocycles. The second-order valence-corrected chi connectivity index (χ2v) is 5.02. The first-order valence-electron chi connectivity index (χ1n) is 6.77. The van der Waals surface area contributed by atoms with Crippen LogP contribution in [0.2, 0.25) is 0 Å². The minimum atomic E-state index is -1.09. The van der Waals surface area contributed by atoms with E-state index in [0.717, 1.165) is 18.4 Å². The maximum absolute atomic E-state index is 11.8. The minimum absolute atomic E-state index is 0.0353. The Balaban J connectivity index is 1.90. The van der Waals surface area contributed by atoms with Crippen LogP contribution in [-0.4, -0.2) is 34.3 Å². The van der Waals surface area contributed by atoms with Crippen LogP contribution in [-0.2, 0) is 11.2 Å². The number of hydrogen-bond donors (Lipinski definition) is 4. The number of nitrogens with one attached hydrogen (secondary N) is 2. The first-order chi connectivity index (χ1) is 10.0. The highest BCUT2D eigenvalue weighted by molar-refractivity contribution is 5.82. The van der Waals surface area contributed by atoms with Crippen LogP contribution in [0.5, 0.6) is 5.75 Å². The number of urea groups is 1. The van der Waals surface area contributed by atoms with E-state index in [0.29, 0.717) is 0 Å². The number of carboxylic acid groups (broad SMARTS) is 1. The number of carbonyl (C=O) groups is 2. The number of amides is 2. The van der Waals surface area contributed by atoms with Gasteiger partial charge >= 0.3 is 12.0 Å². The summed E-state index contributed by atoms with van der Waals surface area (Å²) in [6.45, 7) is 0. The second kappa shape index (κ2) is 6.78. The molecular formula is C15H18N2O4. The molecule has 0 fully saturated rings. The summed E-state index contributed by atoms with van der Waals surface area (Å²) in [5.74, 6) is -0.979. The van der Waals surface area contributed by atoms with Gasteiger partial charge in [-0.2, -0.15) is 0 Å². The zero-order valence-corrected chi connectivity index (χ0v) is 11.5. The van der Waals surface area contributed by atoms with Gasteiger partial charge in [0.2, 0.25) is 0 Å². The first-order valence-corrected chi connectivity index (χ1v) is 6.77. The number of aromatic hydroxyl groups is 1. The topological polar surface area (TPSA) is 98.7 Å². The smallest absolute Gasteiger partial charge is 0.326 e. The Kier molecular flexibility index (Phi) is 4.81. The molecule has 0 radical (unpaired) electrons. The summed E-state index contributed by atoms with van der Waals surface area (Å²) in [6.07, 6.45) is 5.66. The molecule has 0 aromatic heterocycles. The molecular weight excluding hydrogens is 272 g/mol. The fourth-order valence-corrected chi connectivity index (χ4v) is 2.19. The summed E-state index contributed by atoms with van der Waals surface area (Å²) in [6, 6.07) is 4.78. The number of hydrogen-bond acceptors (Lipinski definition) is 3. The molecule has 2 amide bonds. The number of phenolic OH excluding ortho intramolecular Hbond substituents is 1. The number of rotatable bonds is 5. The van der Waals surface area contributed by atoms with Crippen molar-refractivity contribution in [2.24, 2.45) is 0 Å². The lowest BCUT2D eigenvalue weighted by molar-refractivity contribution is -0.139. The summed E-state index contributed by atoms with van der Waals surface area (Å²) in [5.41, 5.74) is 0.725. The van der Waals surface area contributed by atoms with Crippen molar-refractivity contribution < 1.29 is 19.8 Å². The Labute approximate surface area is 122 Å². The van der Waals surface area contributed by atoms with Gasteiger partial charge in [0.25, 0.3) is 0 Å². The zero-order chi connectivity index (χ0) is 15.2. The van der Waals surface area contributed by atoms with E-state index in [1.807, 2.05) is 12.2 Å². The van der Waals surface area contributed by atoms with Crippen LogP contribution in [0.1, 0.15) is 18.4 Å². The number of phenols is 1. The molecule has 1 aliphatic carbocycles. The average molecular weight is 290 g/mol. The molecule has 0 heterocycles. The van der Waals surface area contributed by atoms with Crippen LogP contribution in [0.3, 0.4) is 0 Å². The predicted molar refractivity (Wildman–Crippen MR) is 77.1 cm³/mol. The van der Waals surface area contributed by atoms with Crippen molar-refractivity contribution in [2.45, 2.75) is 31.3 Å². The molecule has 2 rings (SSSR count). The van der Waals surface area contributed by atoms with Crippen LogP contribution in [0.25, 0.3) is 0 Å². The molecule has 1 atom stereocenters. The van der Waals surface area contributed by atoms with E-state index in [1.54, 1.807) is 12.1 Å². The lowest BCUT2D eigenvalue weighted by Crippen LogP contribution is -2.49. The third-order valence-corrected chi connectivity index (χ3v) is 3.32. The van der Waals surface area contributed by atoms with Crippen LogP contribution >= 0.6 is 0 Å². The number of aliphatic carboxylic acids is 1. The Hall–Kier alpha value is -2.50. The maximum Gasteiger partial charge on any atom is 0.326 e. The minimum Gasteiger partial charge on any atom is -0.508 e. The molecule has 0 saturated carbocycles. The van der Waals surface area contributed by atoms with Crippen LogP contribution in [0.4, 0.5) is 4.79 Å². The predicted octanol–water partition coefficient (Wildman–Crippen LogP) is 1.41. The van der Waals surface area contributed by atoms with E-state index in [4.69, 9.17) is 0 Å². The van der Waals surface area contributed by atoms with Gasteiger partial charge < -0.3 is 20.8 Å². The van der Waals surface area contributed by atoms with Crippen molar-refractivity contribution in [3.63, 3.8) is 0 Å². The summed E-state index contributed by atoms with van der Waals surface area (Å²) < 4.78 is 0. The van der Waals surface area contributed by atoms with Gasteiger partial charge in [-0.1, -0.05) is 24.3 Å². The molecule has 0 bridgehead atoms. The van der Waals surface area contributed by atoms with Gasteiger partial charge in [0.15, 0.2) is 0 Å². The van der Waals surface area contributed by atoms with Crippen LogP contribution in [0, 0.1) is 0 Å². The Morgan fingerprint density at radius 3 is 2.38 bits per heavy atom. The third kappa shape index (κ3) is 4.52. The van der Waals surface area contributed by atoms with Gasteiger partial charge in [-0.05, 0) is 30.5 Å². The van der Waals surface area contributed by atoms with Gasteiger partial charge in [-0.3, -0.25) is 0 Å². The normalized spacial score (nSPS) is 15.6. The highest BCUT2D eigenvalue weighted by Gasteiger charge is 2.22. The molecule has 0 aliphatic heterocycles. The highest BCUT2D eigenvalue weighted by Crippen LogP contribution is 2.12. The fraction of sp³-hybridized carbons (Fsp3) is 0.333. The molecule has 0 spiro atoms. The van der Waals surface area contributed by atoms with Crippen molar-refractivity contribution in [1.29, 1.82) is 0 Å². The molecule has 112 valence electrons. The zero-order valence-electron chi connectivity index (χ0n) is 11.5. The largest absolute Gasteiger partial charge is 0.508 e. The van der Waals surface area contributed by atoms with E-state index in [1.165, 1.54) is 12.1 Å². The van der Waals surface area contributed by atoms with Crippen LogP contribution in [0.15, 0.2) is 36.4 Å². The Morgan fingerprint density at radius 1 is 1.19 bits per heavy atom.